The van der Waals surface area contributed by atoms with E-state index in [2.05, 4.69) is 10.3 Å². The number of amides is 1. The molecule has 218 valence electrons. The number of halogens is 4. The van der Waals surface area contributed by atoms with Crippen molar-refractivity contribution in [3.63, 3.8) is 0 Å². The second-order valence-electron chi connectivity index (χ2n) is 10.5. The number of hydrogen-bond acceptors (Lipinski definition) is 7. The SMILES string of the molecule is COc1cc(C(=O)NCC(O)(c2cc3c(c(-c4ccc(F)cc4)n2)OC[C@]3(C)CO)C(F)(F)F)ccc1OC1CC1. The fraction of sp³-hybridized carbons (Fsp3) is 0.379. The predicted molar refractivity (Wildman–Crippen MR) is 138 cm³/mol. The van der Waals surface area contributed by atoms with Crippen LogP contribution in [0.1, 0.15) is 41.4 Å². The number of alkyl halides is 3. The number of nitrogens with one attached hydrogen (secondary N) is 1. The predicted octanol–water partition coefficient (Wildman–Crippen LogP) is 4.26. The molecule has 1 fully saturated rings. The Balaban J connectivity index is 1.51. The van der Waals surface area contributed by atoms with Crippen LogP contribution in [0.4, 0.5) is 17.6 Å². The summed E-state index contributed by atoms with van der Waals surface area (Å²) >= 11 is 0. The largest absolute Gasteiger partial charge is 0.493 e. The van der Waals surface area contributed by atoms with Gasteiger partial charge in [0.25, 0.3) is 5.91 Å². The number of aliphatic hydroxyl groups is 2. The average Bonchev–Trinajstić information content (AvgIpc) is 3.71. The van der Waals surface area contributed by atoms with E-state index in [0.29, 0.717) is 5.75 Å². The van der Waals surface area contributed by atoms with Crippen molar-refractivity contribution in [2.75, 3.05) is 26.9 Å². The van der Waals surface area contributed by atoms with Gasteiger partial charge in [-0.15, -0.1) is 0 Å². The van der Waals surface area contributed by atoms with Gasteiger partial charge >= 0.3 is 6.18 Å². The van der Waals surface area contributed by atoms with Gasteiger partial charge in [0, 0.05) is 16.7 Å². The van der Waals surface area contributed by atoms with Crippen molar-refractivity contribution in [2.45, 2.75) is 43.1 Å². The van der Waals surface area contributed by atoms with Crippen LogP contribution in [0.3, 0.4) is 0 Å². The second kappa shape index (κ2) is 10.5. The summed E-state index contributed by atoms with van der Waals surface area (Å²) < 4.78 is 73.9. The van der Waals surface area contributed by atoms with E-state index < -0.39 is 47.8 Å². The molecule has 3 aromatic rings. The molecule has 3 N–H and O–H groups in total. The standard InChI is InChI=1S/C29H28F4N2O6/c1-27(14-36)15-40-25-20(27)12-23(35-24(25)16-3-6-18(30)7-4-16)28(38,29(31,32)33)13-34-26(37)17-5-10-21(22(11-17)39-2)41-19-8-9-19/h3-7,10-12,19,36,38H,8-9,13-15H2,1-2H3,(H,34,37)/t27-,28?/m0/s1. The molecule has 0 saturated heterocycles. The number of nitrogens with zero attached hydrogens (tertiary/aromatic N) is 1. The molecule has 1 aliphatic heterocycles. The molecule has 2 heterocycles. The number of rotatable bonds is 9. The van der Waals surface area contributed by atoms with Crippen molar-refractivity contribution >= 4 is 5.91 Å². The number of fused-ring (bicyclic) bond motifs is 1. The van der Waals surface area contributed by atoms with Crippen molar-refractivity contribution in [3.8, 4) is 28.5 Å². The molecule has 8 nitrogen and oxygen atoms in total. The van der Waals surface area contributed by atoms with Crippen molar-refractivity contribution in [1.82, 2.24) is 10.3 Å². The summed E-state index contributed by atoms with van der Waals surface area (Å²) in [7, 11) is 1.38. The van der Waals surface area contributed by atoms with Crippen molar-refractivity contribution in [2.24, 2.45) is 0 Å². The molecular formula is C29H28F4N2O6. The Bertz CT molecular complexity index is 1460. The van der Waals surface area contributed by atoms with E-state index in [4.69, 9.17) is 14.2 Å². The zero-order chi connectivity index (χ0) is 29.6. The molecule has 1 unspecified atom stereocenters. The summed E-state index contributed by atoms with van der Waals surface area (Å²) in [5.74, 6) is -0.703. The fourth-order valence-corrected chi connectivity index (χ4v) is 4.50. The molecule has 1 aliphatic carbocycles. The van der Waals surface area contributed by atoms with Gasteiger partial charge in [-0.3, -0.25) is 4.79 Å². The third-order valence-corrected chi connectivity index (χ3v) is 7.27. The van der Waals surface area contributed by atoms with Crippen LogP contribution in [-0.2, 0) is 11.0 Å². The van der Waals surface area contributed by atoms with E-state index in [1.54, 1.807) is 6.92 Å². The highest BCUT2D eigenvalue weighted by Gasteiger charge is 2.57. The number of pyridine rings is 1. The molecule has 2 aromatic carbocycles. The van der Waals surface area contributed by atoms with Crippen LogP contribution in [-0.4, -0.2) is 60.3 Å². The van der Waals surface area contributed by atoms with Gasteiger partial charge in [-0.05, 0) is 68.3 Å². The topological polar surface area (TPSA) is 110 Å². The van der Waals surface area contributed by atoms with Crippen LogP contribution in [0.25, 0.3) is 11.3 Å². The molecule has 1 aromatic heterocycles. The number of aromatic nitrogens is 1. The van der Waals surface area contributed by atoms with Crippen LogP contribution in [0.5, 0.6) is 17.2 Å². The highest BCUT2D eigenvalue weighted by molar-refractivity contribution is 5.95. The molecule has 0 bridgehead atoms. The maximum Gasteiger partial charge on any atom is 0.424 e. The molecular weight excluding hydrogens is 548 g/mol. The van der Waals surface area contributed by atoms with Gasteiger partial charge in [-0.25, -0.2) is 9.37 Å². The summed E-state index contributed by atoms with van der Waals surface area (Å²) in [6.07, 6.45) is -3.44. The number of carbonyl (C=O) groups excluding carboxylic acids is 1. The zero-order valence-corrected chi connectivity index (χ0v) is 22.2. The summed E-state index contributed by atoms with van der Waals surface area (Å²) in [4.78, 5) is 17.0. The second-order valence-corrected chi connectivity index (χ2v) is 10.5. The smallest absolute Gasteiger partial charge is 0.424 e. The number of aliphatic hydroxyl groups excluding tert-OH is 1. The summed E-state index contributed by atoms with van der Waals surface area (Å²) in [6, 6.07) is 10.1. The molecule has 5 rings (SSSR count). The minimum Gasteiger partial charge on any atom is -0.493 e. The van der Waals surface area contributed by atoms with E-state index in [1.807, 2.05) is 0 Å². The molecule has 41 heavy (non-hydrogen) atoms. The number of ether oxygens (including phenoxy) is 3. The highest BCUT2D eigenvalue weighted by Crippen LogP contribution is 2.47. The van der Waals surface area contributed by atoms with Crippen LogP contribution in [0.15, 0.2) is 48.5 Å². The Kier molecular flexibility index (Phi) is 7.33. The lowest BCUT2D eigenvalue weighted by atomic mass is 9.83. The fourth-order valence-electron chi connectivity index (χ4n) is 4.50. The summed E-state index contributed by atoms with van der Waals surface area (Å²) in [6.45, 7) is -0.198. The Morgan fingerprint density at radius 2 is 1.85 bits per heavy atom. The first-order valence-corrected chi connectivity index (χ1v) is 12.9. The number of hydrogen-bond donors (Lipinski definition) is 3. The van der Waals surface area contributed by atoms with E-state index in [-0.39, 0.29) is 46.6 Å². The number of carbonyl (C=O) groups is 1. The average molecular weight is 577 g/mol. The van der Waals surface area contributed by atoms with Crippen LogP contribution >= 0.6 is 0 Å². The van der Waals surface area contributed by atoms with Gasteiger partial charge in [0.1, 0.15) is 23.9 Å². The van der Waals surface area contributed by atoms with E-state index in [1.165, 1.54) is 37.4 Å². The van der Waals surface area contributed by atoms with Gasteiger partial charge in [0.15, 0.2) is 11.5 Å². The number of methoxy groups -OCH3 is 1. The summed E-state index contributed by atoms with van der Waals surface area (Å²) in [5.41, 5.74) is -5.21. The molecule has 1 saturated carbocycles. The monoisotopic (exact) mass is 576 g/mol. The third kappa shape index (κ3) is 5.41. The lowest BCUT2D eigenvalue weighted by Gasteiger charge is -2.31. The Hall–Kier alpha value is -3.90. The maximum atomic E-state index is 14.5. The Labute approximate surface area is 232 Å². The lowest BCUT2D eigenvalue weighted by molar-refractivity contribution is -0.265. The quantitative estimate of drug-likeness (QED) is 0.327. The first-order chi connectivity index (χ1) is 19.4. The molecule has 1 amide bonds. The minimum atomic E-state index is -5.28. The van der Waals surface area contributed by atoms with Crippen molar-refractivity contribution in [3.05, 3.63) is 71.2 Å². The first-order valence-electron chi connectivity index (χ1n) is 12.9. The molecule has 0 radical (unpaired) electrons. The van der Waals surface area contributed by atoms with Crippen LogP contribution < -0.4 is 19.5 Å². The van der Waals surface area contributed by atoms with Gasteiger partial charge in [0.2, 0.25) is 5.60 Å². The molecule has 0 spiro atoms. The molecule has 12 heteroatoms. The molecule has 2 aliphatic rings. The normalized spacial score (nSPS) is 19.6. The maximum absolute atomic E-state index is 14.5. The van der Waals surface area contributed by atoms with Crippen molar-refractivity contribution < 1.29 is 46.8 Å². The van der Waals surface area contributed by atoms with Crippen molar-refractivity contribution in [1.29, 1.82) is 0 Å². The first kappa shape index (κ1) is 28.6. The van der Waals surface area contributed by atoms with Gasteiger partial charge in [-0.1, -0.05) is 0 Å². The third-order valence-electron chi connectivity index (χ3n) is 7.27. The van der Waals surface area contributed by atoms with E-state index >= 15 is 0 Å². The van der Waals surface area contributed by atoms with Gasteiger partial charge in [-0.2, -0.15) is 13.2 Å². The minimum absolute atomic E-state index is 0.00955. The Morgan fingerprint density at radius 3 is 2.46 bits per heavy atom. The van der Waals surface area contributed by atoms with E-state index in [0.717, 1.165) is 31.0 Å². The summed E-state index contributed by atoms with van der Waals surface area (Å²) in [5, 5.41) is 23.3. The van der Waals surface area contributed by atoms with Crippen LogP contribution in [0.2, 0.25) is 0 Å². The zero-order valence-electron chi connectivity index (χ0n) is 22.2. The van der Waals surface area contributed by atoms with Gasteiger partial charge < -0.3 is 29.7 Å². The van der Waals surface area contributed by atoms with E-state index in [9.17, 15) is 32.6 Å². The Morgan fingerprint density at radius 1 is 1.15 bits per heavy atom. The highest BCUT2D eigenvalue weighted by atomic mass is 19.4. The number of benzene rings is 2. The lowest BCUT2D eigenvalue weighted by Crippen LogP contribution is -2.51. The molecule has 2 atom stereocenters. The van der Waals surface area contributed by atoms with Crippen LogP contribution in [0, 0.1) is 5.82 Å². The van der Waals surface area contributed by atoms with Gasteiger partial charge in [0.05, 0.1) is 37.5 Å².